The summed E-state index contributed by atoms with van der Waals surface area (Å²) in [6.07, 6.45) is 0.915. The van der Waals surface area contributed by atoms with Crippen molar-refractivity contribution in [3.8, 4) is 5.75 Å². The van der Waals surface area contributed by atoms with Crippen molar-refractivity contribution >= 4 is 34.8 Å². The Hall–Kier alpha value is -1.71. The molecule has 21 heavy (non-hydrogen) atoms. The van der Waals surface area contributed by atoms with E-state index in [1.54, 1.807) is 18.2 Å². The second kappa shape index (κ2) is 7.34. The van der Waals surface area contributed by atoms with Gasteiger partial charge in [-0.3, -0.25) is 4.79 Å². The van der Waals surface area contributed by atoms with E-state index in [1.807, 2.05) is 24.3 Å². The van der Waals surface area contributed by atoms with Crippen LogP contribution in [0.1, 0.15) is 12.5 Å². The molecule has 0 radical (unpaired) electrons. The molecule has 110 valence electrons. The van der Waals surface area contributed by atoms with Crippen LogP contribution in [-0.4, -0.2) is 12.5 Å². The van der Waals surface area contributed by atoms with Crippen LogP contribution >= 0.6 is 23.2 Å². The summed E-state index contributed by atoms with van der Waals surface area (Å²) in [6.45, 7) is 1.96. The fourth-order valence-corrected chi connectivity index (χ4v) is 2.29. The molecule has 2 rings (SSSR count). The van der Waals surface area contributed by atoms with E-state index in [0.717, 1.165) is 12.0 Å². The smallest absolute Gasteiger partial charge is 0.262 e. The summed E-state index contributed by atoms with van der Waals surface area (Å²) in [5.41, 5.74) is 1.55. The van der Waals surface area contributed by atoms with Crippen molar-refractivity contribution in [1.29, 1.82) is 0 Å². The van der Waals surface area contributed by atoms with Crippen LogP contribution in [-0.2, 0) is 11.2 Å². The molecule has 0 saturated carbocycles. The van der Waals surface area contributed by atoms with Gasteiger partial charge in [0.05, 0.1) is 15.7 Å². The fourth-order valence-electron chi connectivity index (χ4n) is 1.80. The third-order valence-corrected chi connectivity index (χ3v) is 3.53. The van der Waals surface area contributed by atoms with Gasteiger partial charge in [-0.05, 0) is 36.2 Å². The predicted molar refractivity (Wildman–Crippen MR) is 86.4 cm³/mol. The molecule has 0 atom stereocenters. The summed E-state index contributed by atoms with van der Waals surface area (Å²) in [4.78, 5) is 11.9. The normalized spacial score (nSPS) is 10.2. The summed E-state index contributed by atoms with van der Waals surface area (Å²) >= 11 is 12.0. The number of carbonyl (C=O) groups excluding carboxylic acids is 1. The highest BCUT2D eigenvalue weighted by molar-refractivity contribution is 6.39. The highest BCUT2D eigenvalue weighted by Crippen LogP contribution is 2.29. The van der Waals surface area contributed by atoms with E-state index in [0.29, 0.717) is 21.5 Å². The Kier molecular flexibility index (Phi) is 5.48. The van der Waals surface area contributed by atoms with E-state index < -0.39 is 0 Å². The van der Waals surface area contributed by atoms with Gasteiger partial charge in [-0.25, -0.2) is 0 Å². The van der Waals surface area contributed by atoms with Crippen LogP contribution in [0.5, 0.6) is 5.75 Å². The molecule has 1 amide bonds. The van der Waals surface area contributed by atoms with Crippen molar-refractivity contribution < 1.29 is 9.53 Å². The maximum atomic E-state index is 11.9. The Morgan fingerprint density at radius 1 is 1.14 bits per heavy atom. The van der Waals surface area contributed by atoms with E-state index in [4.69, 9.17) is 27.9 Å². The summed E-state index contributed by atoms with van der Waals surface area (Å²) in [6, 6.07) is 12.7. The molecule has 0 unspecified atom stereocenters. The van der Waals surface area contributed by atoms with Crippen LogP contribution in [0.4, 0.5) is 5.69 Å². The molecule has 0 aliphatic rings. The molecule has 0 spiro atoms. The monoisotopic (exact) mass is 323 g/mol. The highest BCUT2D eigenvalue weighted by atomic mass is 35.5. The maximum Gasteiger partial charge on any atom is 0.262 e. The largest absolute Gasteiger partial charge is 0.484 e. The molecule has 0 aliphatic carbocycles. The molecule has 1 N–H and O–H groups in total. The van der Waals surface area contributed by atoms with Crippen molar-refractivity contribution in [2.75, 3.05) is 11.9 Å². The SMILES string of the molecule is CCc1cccc(OCC(=O)Nc2c(Cl)cccc2Cl)c1. The number of aryl methyl sites for hydroxylation is 1. The third-order valence-electron chi connectivity index (χ3n) is 2.90. The van der Waals surface area contributed by atoms with E-state index in [2.05, 4.69) is 12.2 Å². The first-order valence-electron chi connectivity index (χ1n) is 6.55. The van der Waals surface area contributed by atoms with Gasteiger partial charge in [0, 0.05) is 0 Å². The third kappa shape index (κ3) is 4.38. The van der Waals surface area contributed by atoms with Crippen molar-refractivity contribution in [3.63, 3.8) is 0 Å². The number of halogens is 2. The standard InChI is InChI=1S/C16H15Cl2NO2/c1-2-11-5-3-6-12(9-11)21-10-15(20)19-16-13(17)7-4-8-14(16)18/h3-9H,2,10H2,1H3,(H,19,20). The summed E-state index contributed by atoms with van der Waals surface area (Å²) in [5, 5.41) is 3.43. The van der Waals surface area contributed by atoms with E-state index in [-0.39, 0.29) is 12.5 Å². The Labute approximate surface area is 133 Å². The van der Waals surface area contributed by atoms with Crippen molar-refractivity contribution in [3.05, 3.63) is 58.1 Å². The molecule has 0 heterocycles. The van der Waals surface area contributed by atoms with Gasteiger partial charge in [0.2, 0.25) is 0 Å². The molecular weight excluding hydrogens is 309 g/mol. The lowest BCUT2D eigenvalue weighted by molar-refractivity contribution is -0.118. The quantitative estimate of drug-likeness (QED) is 0.875. The van der Waals surface area contributed by atoms with Gasteiger partial charge in [-0.15, -0.1) is 0 Å². The van der Waals surface area contributed by atoms with E-state index in [1.165, 1.54) is 0 Å². The molecule has 0 aromatic heterocycles. The number of ether oxygens (including phenoxy) is 1. The summed E-state index contributed by atoms with van der Waals surface area (Å²) in [5.74, 6) is 0.349. The Morgan fingerprint density at radius 3 is 2.48 bits per heavy atom. The topological polar surface area (TPSA) is 38.3 Å². The molecule has 2 aromatic carbocycles. The molecule has 0 fully saturated rings. The van der Waals surface area contributed by atoms with Gasteiger partial charge in [-0.2, -0.15) is 0 Å². The van der Waals surface area contributed by atoms with Crippen LogP contribution in [0, 0.1) is 0 Å². The number of anilines is 1. The Balaban J connectivity index is 1.96. The molecule has 3 nitrogen and oxygen atoms in total. The van der Waals surface area contributed by atoms with Crippen molar-refractivity contribution in [2.45, 2.75) is 13.3 Å². The first-order chi connectivity index (χ1) is 10.1. The summed E-state index contributed by atoms with van der Waals surface area (Å²) < 4.78 is 5.46. The number of carbonyl (C=O) groups is 1. The van der Waals surface area contributed by atoms with Crippen LogP contribution in [0.3, 0.4) is 0 Å². The lowest BCUT2D eigenvalue weighted by Crippen LogP contribution is -2.20. The number of benzene rings is 2. The van der Waals surface area contributed by atoms with Crippen LogP contribution in [0.2, 0.25) is 10.0 Å². The van der Waals surface area contributed by atoms with Gasteiger partial charge in [0.1, 0.15) is 5.75 Å². The zero-order valence-electron chi connectivity index (χ0n) is 11.5. The number of hydrogen-bond acceptors (Lipinski definition) is 2. The van der Waals surface area contributed by atoms with E-state index in [9.17, 15) is 4.79 Å². The van der Waals surface area contributed by atoms with E-state index >= 15 is 0 Å². The first-order valence-corrected chi connectivity index (χ1v) is 7.31. The second-order valence-corrected chi connectivity index (χ2v) is 5.25. The zero-order valence-corrected chi connectivity index (χ0v) is 13.0. The van der Waals surface area contributed by atoms with Gasteiger partial charge < -0.3 is 10.1 Å². The van der Waals surface area contributed by atoms with Gasteiger partial charge in [0.25, 0.3) is 5.91 Å². The minimum atomic E-state index is -0.313. The highest BCUT2D eigenvalue weighted by Gasteiger charge is 2.10. The Morgan fingerprint density at radius 2 is 1.81 bits per heavy atom. The lowest BCUT2D eigenvalue weighted by atomic mass is 10.2. The minimum Gasteiger partial charge on any atom is -0.484 e. The Bertz CT molecular complexity index is 624. The van der Waals surface area contributed by atoms with Gasteiger partial charge >= 0.3 is 0 Å². The minimum absolute atomic E-state index is 0.102. The number of para-hydroxylation sites is 1. The van der Waals surface area contributed by atoms with Gasteiger partial charge in [0.15, 0.2) is 6.61 Å². The fraction of sp³-hybridized carbons (Fsp3) is 0.188. The van der Waals surface area contributed by atoms with Crippen LogP contribution in [0.25, 0.3) is 0 Å². The average molecular weight is 324 g/mol. The number of rotatable bonds is 5. The van der Waals surface area contributed by atoms with Crippen molar-refractivity contribution in [2.24, 2.45) is 0 Å². The molecule has 2 aromatic rings. The summed E-state index contributed by atoms with van der Waals surface area (Å²) in [7, 11) is 0. The number of nitrogens with one attached hydrogen (secondary N) is 1. The van der Waals surface area contributed by atoms with Crippen molar-refractivity contribution in [1.82, 2.24) is 0 Å². The maximum absolute atomic E-state index is 11.9. The second-order valence-electron chi connectivity index (χ2n) is 4.43. The number of hydrogen-bond donors (Lipinski definition) is 1. The molecule has 5 heteroatoms. The first kappa shape index (κ1) is 15.7. The molecular formula is C16H15Cl2NO2. The van der Waals surface area contributed by atoms with Gasteiger partial charge in [-0.1, -0.05) is 48.3 Å². The molecule has 0 saturated heterocycles. The number of amides is 1. The average Bonchev–Trinajstić information content (AvgIpc) is 2.49. The zero-order chi connectivity index (χ0) is 15.2. The molecule has 0 bridgehead atoms. The predicted octanol–water partition coefficient (Wildman–Crippen LogP) is 4.57. The van der Waals surface area contributed by atoms with Crippen LogP contribution < -0.4 is 10.1 Å². The lowest BCUT2D eigenvalue weighted by Gasteiger charge is -2.10. The molecule has 0 aliphatic heterocycles. The van der Waals surface area contributed by atoms with Crippen LogP contribution in [0.15, 0.2) is 42.5 Å².